The predicted molar refractivity (Wildman–Crippen MR) is 76.0 cm³/mol. The van der Waals surface area contributed by atoms with Crippen LogP contribution in [0.2, 0.25) is 0 Å². The van der Waals surface area contributed by atoms with Gasteiger partial charge in [0.15, 0.2) is 0 Å². The molecule has 0 radical (unpaired) electrons. The largest absolute Gasteiger partial charge is 0.276 e. The molecule has 0 aliphatic carbocycles. The number of halogens is 1. The SMILES string of the molecule is Cc1ccc(CC(CCl)Cc2cnn(C)c2)cc1. The lowest BCUT2D eigenvalue weighted by Crippen LogP contribution is -2.09. The number of hydrogen-bond donors (Lipinski definition) is 0. The minimum absolute atomic E-state index is 0.471. The van der Waals surface area contributed by atoms with Crippen LogP contribution in [0.1, 0.15) is 16.7 Å². The van der Waals surface area contributed by atoms with Crippen molar-refractivity contribution in [3.8, 4) is 0 Å². The number of nitrogens with zero attached hydrogens (tertiary/aromatic N) is 2. The summed E-state index contributed by atoms with van der Waals surface area (Å²) in [6.45, 7) is 2.11. The smallest absolute Gasteiger partial charge is 0.0521 e. The van der Waals surface area contributed by atoms with Gasteiger partial charge in [-0.05, 0) is 36.8 Å². The predicted octanol–water partition coefficient (Wildman–Crippen LogP) is 3.37. The summed E-state index contributed by atoms with van der Waals surface area (Å²) in [6, 6.07) is 8.70. The maximum atomic E-state index is 6.08. The summed E-state index contributed by atoms with van der Waals surface area (Å²) in [6.07, 6.45) is 6.01. The number of hydrogen-bond acceptors (Lipinski definition) is 1. The van der Waals surface area contributed by atoms with E-state index in [9.17, 15) is 0 Å². The van der Waals surface area contributed by atoms with E-state index < -0.39 is 0 Å². The Morgan fingerprint density at radius 1 is 1.17 bits per heavy atom. The summed E-state index contributed by atoms with van der Waals surface area (Å²) in [5.74, 6) is 1.15. The highest BCUT2D eigenvalue weighted by Crippen LogP contribution is 2.16. The molecule has 2 nitrogen and oxygen atoms in total. The highest BCUT2D eigenvalue weighted by molar-refractivity contribution is 6.18. The van der Waals surface area contributed by atoms with Crippen LogP contribution in [0.15, 0.2) is 36.7 Å². The van der Waals surface area contributed by atoms with Crippen molar-refractivity contribution < 1.29 is 0 Å². The molecule has 1 aromatic carbocycles. The van der Waals surface area contributed by atoms with Crippen LogP contribution in [0.4, 0.5) is 0 Å². The van der Waals surface area contributed by atoms with E-state index in [1.54, 1.807) is 0 Å². The Hall–Kier alpha value is -1.28. The van der Waals surface area contributed by atoms with Gasteiger partial charge in [-0.2, -0.15) is 5.10 Å². The molecule has 0 fully saturated rings. The Kier molecular flexibility index (Phi) is 4.43. The van der Waals surface area contributed by atoms with Crippen molar-refractivity contribution in [2.24, 2.45) is 13.0 Å². The fourth-order valence-electron chi connectivity index (χ4n) is 2.15. The van der Waals surface area contributed by atoms with E-state index in [0.717, 1.165) is 12.8 Å². The molecule has 0 aliphatic heterocycles. The van der Waals surface area contributed by atoms with Gasteiger partial charge in [-0.25, -0.2) is 0 Å². The molecule has 18 heavy (non-hydrogen) atoms. The van der Waals surface area contributed by atoms with Crippen molar-refractivity contribution in [1.29, 1.82) is 0 Å². The molecular weight excluding hydrogens is 244 g/mol. The Morgan fingerprint density at radius 3 is 2.39 bits per heavy atom. The number of aryl methyl sites for hydroxylation is 2. The Morgan fingerprint density at radius 2 is 1.83 bits per heavy atom. The molecule has 2 aromatic rings. The summed E-state index contributed by atoms with van der Waals surface area (Å²) < 4.78 is 1.84. The Bertz CT molecular complexity index is 487. The summed E-state index contributed by atoms with van der Waals surface area (Å²) in [4.78, 5) is 0. The molecule has 0 aliphatic rings. The summed E-state index contributed by atoms with van der Waals surface area (Å²) in [7, 11) is 1.94. The molecule has 3 heteroatoms. The van der Waals surface area contributed by atoms with Crippen molar-refractivity contribution in [3.05, 3.63) is 53.3 Å². The molecule has 1 aromatic heterocycles. The zero-order chi connectivity index (χ0) is 13.0. The second-order valence-corrected chi connectivity index (χ2v) is 5.25. The average molecular weight is 263 g/mol. The van der Waals surface area contributed by atoms with E-state index in [0.29, 0.717) is 11.8 Å². The fourth-order valence-corrected chi connectivity index (χ4v) is 2.37. The van der Waals surface area contributed by atoms with Crippen LogP contribution >= 0.6 is 11.6 Å². The first-order valence-electron chi connectivity index (χ1n) is 6.26. The fraction of sp³-hybridized carbons (Fsp3) is 0.400. The molecule has 0 bridgehead atoms. The maximum Gasteiger partial charge on any atom is 0.0521 e. The Balaban J connectivity index is 1.99. The molecule has 0 saturated heterocycles. The molecule has 0 saturated carbocycles. The van der Waals surface area contributed by atoms with Gasteiger partial charge in [0.1, 0.15) is 0 Å². The topological polar surface area (TPSA) is 17.8 Å². The van der Waals surface area contributed by atoms with E-state index in [1.807, 2.05) is 17.9 Å². The van der Waals surface area contributed by atoms with Crippen LogP contribution in [0.5, 0.6) is 0 Å². The maximum absolute atomic E-state index is 6.08. The minimum Gasteiger partial charge on any atom is -0.276 e. The first-order valence-corrected chi connectivity index (χ1v) is 6.80. The number of alkyl halides is 1. The zero-order valence-corrected chi connectivity index (χ0v) is 11.7. The van der Waals surface area contributed by atoms with Crippen molar-refractivity contribution in [2.75, 3.05) is 5.88 Å². The minimum atomic E-state index is 0.471. The van der Waals surface area contributed by atoms with Crippen molar-refractivity contribution in [1.82, 2.24) is 9.78 Å². The van der Waals surface area contributed by atoms with E-state index in [1.165, 1.54) is 16.7 Å². The first kappa shape index (κ1) is 13.2. The molecule has 1 atom stereocenters. The summed E-state index contributed by atoms with van der Waals surface area (Å²) in [5, 5.41) is 4.20. The van der Waals surface area contributed by atoms with Crippen molar-refractivity contribution >= 4 is 11.6 Å². The van der Waals surface area contributed by atoms with Crippen LogP contribution in [-0.2, 0) is 19.9 Å². The number of aromatic nitrogens is 2. The van der Waals surface area contributed by atoms with E-state index in [4.69, 9.17) is 11.6 Å². The Labute approximate surface area is 114 Å². The monoisotopic (exact) mass is 262 g/mol. The number of rotatable bonds is 5. The van der Waals surface area contributed by atoms with Crippen LogP contribution in [0.25, 0.3) is 0 Å². The van der Waals surface area contributed by atoms with Gasteiger partial charge < -0.3 is 0 Å². The lowest BCUT2D eigenvalue weighted by Gasteiger charge is -2.13. The molecule has 0 N–H and O–H groups in total. The standard InChI is InChI=1S/C15H19ClN2/c1-12-3-5-13(6-4-12)7-14(9-16)8-15-10-17-18(2)11-15/h3-6,10-11,14H,7-9H2,1-2H3. The average Bonchev–Trinajstić information content (AvgIpc) is 2.77. The van der Waals surface area contributed by atoms with E-state index in [2.05, 4.69) is 42.5 Å². The van der Waals surface area contributed by atoms with Gasteiger partial charge in [-0.15, -0.1) is 11.6 Å². The first-order chi connectivity index (χ1) is 8.67. The second-order valence-electron chi connectivity index (χ2n) is 4.94. The molecule has 1 heterocycles. The van der Waals surface area contributed by atoms with Crippen molar-refractivity contribution in [3.63, 3.8) is 0 Å². The van der Waals surface area contributed by atoms with E-state index in [-0.39, 0.29) is 0 Å². The molecule has 1 unspecified atom stereocenters. The molecule has 0 spiro atoms. The van der Waals surface area contributed by atoms with Gasteiger partial charge >= 0.3 is 0 Å². The van der Waals surface area contributed by atoms with Gasteiger partial charge in [0.05, 0.1) is 6.20 Å². The molecule has 2 rings (SSSR count). The zero-order valence-electron chi connectivity index (χ0n) is 10.9. The van der Waals surface area contributed by atoms with Crippen LogP contribution in [0, 0.1) is 12.8 Å². The van der Waals surface area contributed by atoms with Crippen LogP contribution in [0.3, 0.4) is 0 Å². The summed E-state index contributed by atoms with van der Waals surface area (Å²) in [5.41, 5.74) is 3.92. The molecule has 0 amide bonds. The highest BCUT2D eigenvalue weighted by atomic mass is 35.5. The third-order valence-corrected chi connectivity index (χ3v) is 3.58. The quantitative estimate of drug-likeness (QED) is 0.756. The third-order valence-electron chi connectivity index (χ3n) is 3.15. The normalized spacial score (nSPS) is 12.6. The highest BCUT2D eigenvalue weighted by Gasteiger charge is 2.10. The van der Waals surface area contributed by atoms with Gasteiger partial charge in [-0.1, -0.05) is 29.8 Å². The summed E-state index contributed by atoms with van der Waals surface area (Å²) >= 11 is 6.08. The molecule has 96 valence electrons. The lowest BCUT2D eigenvalue weighted by molar-refractivity contribution is 0.583. The van der Waals surface area contributed by atoms with Crippen molar-refractivity contribution in [2.45, 2.75) is 19.8 Å². The number of benzene rings is 1. The third kappa shape index (κ3) is 3.61. The van der Waals surface area contributed by atoms with Gasteiger partial charge in [0, 0.05) is 19.1 Å². The molecular formula is C15H19ClN2. The van der Waals surface area contributed by atoms with Gasteiger partial charge in [0.25, 0.3) is 0 Å². The van der Waals surface area contributed by atoms with E-state index >= 15 is 0 Å². The van der Waals surface area contributed by atoms with Crippen LogP contribution in [-0.4, -0.2) is 15.7 Å². The second kappa shape index (κ2) is 6.05. The van der Waals surface area contributed by atoms with Gasteiger partial charge in [0.2, 0.25) is 0 Å². The lowest BCUT2D eigenvalue weighted by atomic mass is 9.95. The van der Waals surface area contributed by atoms with Gasteiger partial charge in [-0.3, -0.25) is 4.68 Å². The van der Waals surface area contributed by atoms with Crippen LogP contribution < -0.4 is 0 Å².